The Kier molecular flexibility index (Phi) is 4.03. The van der Waals surface area contributed by atoms with Crippen LogP contribution in [-0.4, -0.2) is 26.1 Å². The molecule has 103 valence electrons. The number of aromatic amines is 1. The summed E-state index contributed by atoms with van der Waals surface area (Å²) in [6.45, 7) is 6.29. The van der Waals surface area contributed by atoms with Gasteiger partial charge in [-0.25, -0.2) is 4.79 Å². The number of hydrogen-bond donors (Lipinski definition) is 2. The largest absolute Gasteiger partial charge is 0.463 e. The Morgan fingerprint density at radius 3 is 2.89 bits per heavy atom. The molecule has 19 heavy (non-hydrogen) atoms. The number of H-pyrrole nitrogens is 1. The first-order valence-electron chi connectivity index (χ1n) is 6.41. The zero-order chi connectivity index (χ0) is 13.8. The van der Waals surface area contributed by atoms with E-state index in [1.54, 1.807) is 6.54 Å². The minimum absolute atomic E-state index is 0.204. The molecule has 0 aliphatic carbocycles. The quantitative estimate of drug-likeness (QED) is 0.766. The average molecular weight is 264 g/mol. The molecule has 2 aromatic rings. The number of unbranched alkanes of at least 4 members (excludes halogenated alkanes) is 1. The van der Waals surface area contributed by atoms with Gasteiger partial charge in [-0.1, -0.05) is 20.3 Å². The molecule has 0 amide bonds. The van der Waals surface area contributed by atoms with Gasteiger partial charge in [0.25, 0.3) is 0 Å². The molecule has 0 spiro atoms. The molecule has 0 bridgehead atoms. The Labute approximate surface area is 110 Å². The zero-order valence-corrected chi connectivity index (χ0v) is 11.1. The second-order valence-corrected chi connectivity index (χ2v) is 4.18. The molecule has 0 unspecified atom stereocenters. The highest BCUT2D eigenvalue weighted by atomic mass is 16.5. The number of nitrogens with two attached hydrogens (primary N) is 1. The molecule has 0 saturated carbocycles. The van der Waals surface area contributed by atoms with Gasteiger partial charge in [0.05, 0.1) is 13.2 Å². The van der Waals surface area contributed by atoms with Crippen LogP contribution >= 0.6 is 0 Å². The first-order chi connectivity index (χ1) is 9.17. The van der Waals surface area contributed by atoms with Crippen LogP contribution in [0.3, 0.4) is 0 Å². The van der Waals surface area contributed by atoms with E-state index >= 15 is 0 Å². The number of imidazole rings is 1. The molecule has 0 fully saturated rings. The maximum absolute atomic E-state index is 11.8. The molecule has 3 N–H and O–H groups in total. The Balaban J connectivity index is 2.41. The van der Waals surface area contributed by atoms with Gasteiger partial charge >= 0.3 is 11.7 Å². The van der Waals surface area contributed by atoms with Crippen molar-refractivity contribution in [3.63, 3.8) is 0 Å². The third-order valence-electron chi connectivity index (χ3n) is 2.67. The third kappa shape index (κ3) is 2.69. The van der Waals surface area contributed by atoms with Crippen molar-refractivity contribution < 1.29 is 4.74 Å². The number of hydrogen-bond acceptors (Lipinski definition) is 5. The third-order valence-corrected chi connectivity index (χ3v) is 2.67. The fourth-order valence-corrected chi connectivity index (χ4v) is 1.73. The number of nitrogens with one attached hydrogen (secondary N) is 1. The van der Waals surface area contributed by atoms with Crippen LogP contribution in [0.2, 0.25) is 0 Å². The lowest BCUT2D eigenvalue weighted by Gasteiger charge is -2.05. The summed E-state index contributed by atoms with van der Waals surface area (Å²) in [5, 5.41) is 0. The summed E-state index contributed by atoms with van der Waals surface area (Å²) in [4.78, 5) is 22.7. The van der Waals surface area contributed by atoms with Crippen LogP contribution < -0.4 is 16.2 Å². The van der Waals surface area contributed by atoms with Crippen molar-refractivity contribution in [3.8, 4) is 6.01 Å². The molecular weight excluding hydrogens is 246 g/mol. The lowest BCUT2D eigenvalue weighted by atomic mass is 10.4. The lowest BCUT2D eigenvalue weighted by molar-refractivity contribution is 0.287. The summed E-state index contributed by atoms with van der Waals surface area (Å²) in [5.41, 5.74) is 6.43. The van der Waals surface area contributed by atoms with E-state index in [2.05, 4.69) is 21.9 Å². The van der Waals surface area contributed by atoms with Gasteiger partial charge in [0, 0.05) is 0 Å². The molecule has 2 aromatic heterocycles. The summed E-state index contributed by atoms with van der Waals surface area (Å²) in [7, 11) is 0. The van der Waals surface area contributed by atoms with Crippen LogP contribution in [0.25, 0.3) is 11.2 Å². The van der Waals surface area contributed by atoms with E-state index in [-0.39, 0.29) is 17.5 Å². The molecule has 2 heterocycles. The van der Waals surface area contributed by atoms with Gasteiger partial charge in [0.2, 0.25) is 0 Å². The van der Waals surface area contributed by atoms with Gasteiger partial charge in [-0.15, -0.1) is 0 Å². The molecule has 0 aromatic carbocycles. The number of rotatable bonds is 6. The van der Waals surface area contributed by atoms with Gasteiger partial charge in [-0.2, -0.15) is 9.97 Å². The summed E-state index contributed by atoms with van der Waals surface area (Å²) in [6.07, 6.45) is 2.65. The summed E-state index contributed by atoms with van der Waals surface area (Å²) < 4.78 is 6.86. The molecule has 2 rings (SSSR count). The van der Waals surface area contributed by atoms with Crippen LogP contribution in [0, 0.1) is 6.54 Å². The van der Waals surface area contributed by atoms with Gasteiger partial charge in [-0.3, -0.25) is 4.57 Å². The maximum Gasteiger partial charge on any atom is 0.328 e. The van der Waals surface area contributed by atoms with Gasteiger partial charge in [0.15, 0.2) is 11.5 Å². The van der Waals surface area contributed by atoms with E-state index in [0.717, 1.165) is 12.8 Å². The van der Waals surface area contributed by atoms with E-state index in [0.29, 0.717) is 24.2 Å². The highest BCUT2D eigenvalue weighted by Gasteiger charge is 2.13. The second-order valence-electron chi connectivity index (χ2n) is 4.18. The SMILES string of the molecule is CC[CH]n1c(=O)[nH]c2c(N)nc(OCCCC)nc21. The highest BCUT2D eigenvalue weighted by molar-refractivity contribution is 5.82. The predicted molar refractivity (Wildman–Crippen MR) is 73.0 cm³/mol. The van der Waals surface area contributed by atoms with Crippen molar-refractivity contribution in [1.29, 1.82) is 0 Å². The summed E-state index contributed by atoms with van der Waals surface area (Å²) in [5.74, 6) is 0.219. The minimum atomic E-state index is -0.274. The topological polar surface area (TPSA) is 98.8 Å². The predicted octanol–water partition coefficient (Wildman–Crippen LogP) is 1.30. The number of aromatic nitrogens is 4. The number of anilines is 1. The van der Waals surface area contributed by atoms with Crippen molar-refractivity contribution in [1.82, 2.24) is 19.5 Å². The van der Waals surface area contributed by atoms with Gasteiger partial charge in [0.1, 0.15) is 5.52 Å². The van der Waals surface area contributed by atoms with Crippen LogP contribution in [0.1, 0.15) is 33.1 Å². The molecule has 7 nitrogen and oxygen atoms in total. The molecule has 1 radical (unpaired) electrons. The fraction of sp³-hybridized carbons (Fsp3) is 0.500. The van der Waals surface area contributed by atoms with Gasteiger partial charge < -0.3 is 15.5 Å². The Bertz CT molecular complexity index is 616. The van der Waals surface area contributed by atoms with Crippen molar-refractivity contribution in [2.75, 3.05) is 12.3 Å². The second kappa shape index (κ2) is 5.73. The number of ether oxygens (including phenoxy) is 1. The maximum atomic E-state index is 11.8. The zero-order valence-electron chi connectivity index (χ0n) is 11.1. The van der Waals surface area contributed by atoms with E-state index < -0.39 is 0 Å². The summed E-state index contributed by atoms with van der Waals surface area (Å²) in [6, 6.07) is 0.204. The van der Waals surface area contributed by atoms with Crippen LogP contribution in [-0.2, 0) is 0 Å². The Hall–Kier alpha value is -2.05. The van der Waals surface area contributed by atoms with E-state index in [1.165, 1.54) is 4.57 Å². The van der Waals surface area contributed by atoms with E-state index in [1.807, 2.05) is 6.92 Å². The monoisotopic (exact) mass is 264 g/mol. The summed E-state index contributed by atoms with van der Waals surface area (Å²) >= 11 is 0. The first-order valence-corrected chi connectivity index (χ1v) is 6.41. The van der Waals surface area contributed by atoms with Crippen LogP contribution in [0.5, 0.6) is 6.01 Å². The molecule has 0 saturated heterocycles. The van der Waals surface area contributed by atoms with Crippen molar-refractivity contribution in [3.05, 3.63) is 17.0 Å². The molecule has 0 atom stereocenters. The standard InChI is InChI=1S/C12H18N5O2/c1-3-5-7-19-11-15-9(13)8-10(16-11)17(6-4-2)12(18)14-8/h6H,3-5,7H2,1-2H3,(H,14,18)(H2,13,15,16). The number of nitrogen functional groups attached to an aromatic ring is 1. The van der Waals surface area contributed by atoms with Crippen LogP contribution in [0.4, 0.5) is 5.82 Å². The average Bonchev–Trinajstić information content (AvgIpc) is 2.69. The minimum Gasteiger partial charge on any atom is -0.463 e. The van der Waals surface area contributed by atoms with E-state index in [9.17, 15) is 4.79 Å². The molecular formula is C12H18N5O2. The number of nitrogens with zero attached hydrogens (tertiary/aromatic N) is 3. The number of fused-ring (bicyclic) bond motifs is 1. The lowest BCUT2D eigenvalue weighted by Crippen LogP contribution is -2.15. The van der Waals surface area contributed by atoms with E-state index in [4.69, 9.17) is 10.5 Å². The Morgan fingerprint density at radius 1 is 1.42 bits per heavy atom. The molecule has 0 aliphatic rings. The molecule has 0 aliphatic heterocycles. The van der Waals surface area contributed by atoms with Crippen molar-refractivity contribution in [2.45, 2.75) is 33.1 Å². The van der Waals surface area contributed by atoms with Crippen molar-refractivity contribution >= 4 is 17.0 Å². The van der Waals surface area contributed by atoms with Gasteiger partial charge in [-0.05, 0) is 12.8 Å². The van der Waals surface area contributed by atoms with Crippen LogP contribution in [0.15, 0.2) is 4.79 Å². The highest BCUT2D eigenvalue weighted by Crippen LogP contribution is 2.18. The molecule has 7 heteroatoms. The normalized spacial score (nSPS) is 11.1. The fourth-order valence-electron chi connectivity index (χ4n) is 1.73. The first kappa shape index (κ1) is 13.4. The van der Waals surface area contributed by atoms with Crippen molar-refractivity contribution in [2.24, 2.45) is 0 Å². The Morgan fingerprint density at radius 2 is 2.21 bits per heavy atom. The smallest absolute Gasteiger partial charge is 0.328 e.